The first-order valence-corrected chi connectivity index (χ1v) is 11.9. The molecule has 168 valence electrons. The van der Waals surface area contributed by atoms with Crippen molar-refractivity contribution in [2.45, 2.75) is 45.1 Å². The number of carbonyl (C=O) groups excluding carboxylic acids is 1. The van der Waals surface area contributed by atoms with Crippen molar-refractivity contribution in [1.29, 1.82) is 0 Å². The van der Waals surface area contributed by atoms with Gasteiger partial charge in [0.05, 0.1) is 4.90 Å². The Bertz CT molecular complexity index is 1190. The van der Waals surface area contributed by atoms with Gasteiger partial charge in [0.2, 0.25) is 0 Å². The van der Waals surface area contributed by atoms with Crippen molar-refractivity contribution in [3.05, 3.63) is 83.4 Å². The van der Waals surface area contributed by atoms with E-state index in [-0.39, 0.29) is 10.8 Å². The summed E-state index contributed by atoms with van der Waals surface area (Å²) in [6.45, 7) is 7.71. The number of sulfonamides is 1. The van der Waals surface area contributed by atoms with Crippen molar-refractivity contribution in [3.63, 3.8) is 0 Å². The van der Waals surface area contributed by atoms with E-state index in [2.05, 4.69) is 10.0 Å². The minimum Gasteiger partial charge on any atom is -0.480 e. The van der Waals surface area contributed by atoms with E-state index >= 15 is 0 Å². The maximum Gasteiger partial charge on any atom is 0.265 e. The third-order valence-corrected chi connectivity index (χ3v) is 6.41. The molecule has 0 aromatic heterocycles. The fraction of sp³-hybridized carbons (Fsp3) is 0.240. The van der Waals surface area contributed by atoms with Gasteiger partial charge in [0.15, 0.2) is 6.10 Å². The number of amides is 1. The highest BCUT2D eigenvalue weighted by molar-refractivity contribution is 7.92. The van der Waals surface area contributed by atoms with Gasteiger partial charge in [0, 0.05) is 11.4 Å². The highest BCUT2D eigenvalue weighted by Gasteiger charge is 2.20. The zero-order valence-electron chi connectivity index (χ0n) is 18.7. The van der Waals surface area contributed by atoms with E-state index in [0.717, 1.165) is 16.7 Å². The number of aryl methyl sites for hydroxylation is 3. The van der Waals surface area contributed by atoms with Crippen molar-refractivity contribution < 1.29 is 17.9 Å². The van der Waals surface area contributed by atoms with Gasteiger partial charge < -0.3 is 10.1 Å². The van der Waals surface area contributed by atoms with E-state index in [1.54, 1.807) is 24.3 Å². The first kappa shape index (κ1) is 23.3. The maximum absolute atomic E-state index is 12.7. The monoisotopic (exact) mass is 452 g/mol. The molecule has 0 heterocycles. The zero-order valence-corrected chi connectivity index (χ0v) is 19.5. The van der Waals surface area contributed by atoms with E-state index < -0.39 is 16.1 Å². The summed E-state index contributed by atoms with van der Waals surface area (Å²) in [7, 11) is -3.73. The number of nitrogens with one attached hydrogen (secondary N) is 2. The van der Waals surface area contributed by atoms with E-state index in [4.69, 9.17) is 4.74 Å². The Hall–Kier alpha value is -3.32. The Balaban J connectivity index is 1.67. The van der Waals surface area contributed by atoms with Crippen LogP contribution >= 0.6 is 0 Å². The second-order valence-electron chi connectivity index (χ2n) is 7.77. The highest BCUT2D eigenvalue weighted by Crippen LogP contribution is 2.23. The molecule has 1 atom stereocenters. The Labute approximate surface area is 189 Å². The average molecular weight is 453 g/mol. The van der Waals surface area contributed by atoms with Crippen LogP contribution in [0.2, 0.25) is 0 Å². The van der Waals surface area contributed by atoms with E-state index in [1.807, 2.05) is 58.0 Å². The number of hydrogen-bond acceptors (Lipinski definition) is 4. The van der Waals surface area contributed by atoms with Crippen LogP contribution in [0.25, 0.3) is 0 Å². The highest BCUT2D eigenvalue weighted by atomic mass is 32.2. The summed E-state index contributed by atoms with van der Waals surface area (Å²) in [5.41, 5.74) is 4.03. The standard InChI is InChI=1S/C25H28N2O4S/c1-5-23(31-24-16-18(3)6-9-19(24)4)25(28)26-20-12-14-22(15-13-20)32(29,30)27-21-10-7-17(2)8-11-21/h6-16,23,27H,5H2,1-4H3,(H,26,28). The molecule has 3 aromatic rings. The largest absolute Gasteiger partial charge is 0.480 e. The van der Waals surface area contributed by atoms with Crippen LogP contribution < -0.4 is 14.8 Å². The third kappa shape index (κ3) is 5.88. The number of rotatable bonds is 8. The van der Waals surface area contributed by atoms with Gasteiger partial charge in [0.25, 0.3) is 15.9 Å². The molecule has 0 aliphatic carbocycles. The van der Waals surface area contributed by atoms with Crippen LogP contribution in [0.15, 0.2) is 71.6 Å². The fourth-order valence-corrected chi connectivity index (χ4v) is 4.14. The Morgan fingerprint density at radius 1 is 0.875 bits per heavy atom. The molecule has 1 amide bonds. The predicted molar refractivity (Wildman–Crippen MR) is 128 cm³/mol. The molecule has 7 heteroatoms. The minimum atomic E-state index is -3.73. The first-order valence-electron chi connectivity index (χ1n) is 10.4. The van der Waals surface area contributed by atoms with E-state index in [1.165, 1.54) is 12.1 Å². The lowest BCUT2D eigenvalue weighted by Gasteiger charge is -2.19. The summed E-state index contributed by atoms with van der Waals surface area (Å²) in [5.74, 6) is 0.386. The van der Waals surface area contributed by atoms with Gasteiger partial charge >= 0.3 is 0 Å². The molecule has 2 N–H and O–H groups in total. The van der Waals surface area contributed by atoms with Crippen molar-refractivity contribution in [1.82, 2.24) is 0 Å². The summed E-state index contributed by atoms with van der Waals surface area (Å²) in [5, 5.41) is 2.80. The van der Waals surface area contributed by atoms with Gasteiger partial charge in [-0.1, -0.05) is 36.8 Å². The Morgan fingerprint density at radius 3 is 2.09 bits per heavy atom. The normalized spacial score (nSPS) is 12.1. The van der Waals surface area contributed by atoms with Gasteiger partial charge in [-0.15, -0.1) is 0 Å². The molecule has 0 spiro atoms. The molecule has 0 radical (unpaired) electrons. The lowest BCUT2D eigenvalue weighted by Crippen LogP contribution is -2.32. The fourth-order valence-electron chi connectivity index (χ4n) is 3.09. The van der Waals surface area contributed by atoms with Gasteiger partial charge in [0.1, 0.15) is 5.75 Å². The molecule has 0 fully saturated rings. The minimum absolute atomic E-state index is 0.106. The summed E-state index contributed by atoms with van der Waals surface area (Å²) < 4.78 is 33.7. The molecule has 0 saturated carbocycles. The first-order chi connectivity index (χ1) is 15.2. The quantitative estimate of drug-likeness (QED) is 0.491. The van der Waals surface area contributed by atoms with Gasteiger partial charge in [-0.2, -0.15) is 0 Å². The molecular formula is C25H28N2O4S. The number of benzene rings is 3. The molecule has 0 bridgehead atoms. The van der Waals surface area contributed by atoms with Crippen LogP contribution in [-0.2, 0) is 14.8 Å². The van der Waals surface area contributed by atoms with Crippen LogP contribution in [0.5, 0.6) is 5.75 Å². The number of ether oxygens (including phenoxy) is 1. The van der Waals surface area contributed by atoms with Crippen LogP contribution in [0.1, 0.15) is 30.0 Å². The molecule has 3 rings (SSSR count). The van der Waals surface area contributed by atoms with Crippen LogP contribution in [-0.4, -0.2) is 20.4 Å². The summed E-state index contributed by atoms with van der Waals surface area (Å²) in [6, 6.07) is 19.0. The Morgan fingerprint density at radius 2 is 1.47 bits per heavy atom. The zero-order chi connectivity index (χ0) is 23.3. The van der Waals surface area contributed by atoms with Crippen LogP contribution in [0.4, 0.5) is 11.4 Å². The van der Waals surface area contributed by atoms with Crippen molar-refractivity contribution >= 4 is 27.3 Å². The molecule has 0 aliphatic rings. The lowest BCUT2D eigenvalue weighted by atomic mass is 10.1. The lowest BCUT2D eigenvalue weighted by molar-refractivity contribution is -0.122. The number of anilines is 2. The summed E-state index contributed by atoms with van der Waals surface area (Å²) in [4.78, 5) is 12.8. The maximum atomic E-state index is 12.7. The molecule has 1 unspecified atom stereocenters. The average Bonchev–Trinajstić information content (AvgIpc) is 2.76. The molecular weight excluding hydrogens is 424 g/mol. The predicted octanol–water partition coefficient (Wildman–Crippen LogP) is 5.21. The molecule has 0 saturated heterocycles. The van der Waals surface area contributed by atoms with Crippen molar-refractivity contribution in [2.24, 2.45) is 0 Å². The SMILES string of the molecule is CCC(Oc1cc(C)ccc1C)C(=O)Nc1ccc(S(=O)(=O)Nc2ccc(C)cc2)cc1. The number of carbonyl (C=O) groups is 1. The summed E-state index contributed by atoms with van der Waals surface area (Å²) in [6.07, 6.45) is -0.172. The van der Waals surface area contributed by atoms with Gasteiger partial charge in [-0.05, 0) is 80.8 Å². The van der Waals surface area contributed by atoms with E-state index in [9.17, 15) is 13.2 Å². The van der Waals surface area contributed by atoms with E-state index in [0.29, 0.717) is 23.5 Å². The molecule has 0 aliphatic heterocycles. The second-order valence-corrected chi connectivity index (χ2v) is 9.45. The van der Waals surface area contributed by atoms with Crippen molar-refractivity contribution in [3.8, 4) is 5.75 Å². The molecule has 32 heavy (non-hydrogen) atoms. The molecule has 3 aromatic carbocycles. The van der Waals surface area contributed by atoms with Crippen LogP contribution in [0, 0.1) is 20.8 Å². The summed E-state index contributed by atoms with van der Waals surface area (Å²) >= 11 is 0. The smallest absolute Gasteiger partial charge is 0.265 e. The third-order valence-electron chi connectivity index (χ3n) is 5.01. The molecule has 6 nitrogen and oxygen atoms in total. The van der Waals surface area contributed by atoms with Gasteiger partial charge in [-0.3, -0.25) is 9.52 Å². The van der Waals surface area contributed by atoms with Gasteiger partial charge in [-0.25, -0.2) is 8.42 Å². The topological polar surface area (TPSA) is 84.5 Å². The van der Waals surface area contributed by atoms with Crippen LogP contribution in [0.3, 0.4) is 0 Å². The number of hydrogen-bond donors (Lipinski definition) is 2. The Kier molecular flexibility index (Phi) is 7.20. The van der Waals surface area contributed by atoms with Crippen molar-refractivity contribution in [2.75, 3.05) is 10.0 Å². The second kappa shape index (κ2) is 9.87.